The molecule has 0 bridgehead atoms. The van der Waals surface area contributed by atoms with Crippen LogP contribution in [0.25, 0.3) is 15.7 Å². The molecule has 3 nitrogen and oxygen atoms in total. The normalized spacial score (nSPS) is 10.2. The molecule has 2 aromatic rings. The molecule has 1 heterocycles. The van der Waals surface area contributed by atoms with E-state index in [1.54, 1.807) is 6.07 Å². The number of rotatable bonds is 0. The zero-order valence-electron chi connectivity index (χ0n) is 6.31. The van der Waals surface area contributed by atoms with E-state index in [9.17, 15) is 4.39 Å². The summed E-state index contributed by atoms with van der Waals surface area (Å²) < 4.78 is 13.8. The number of aromatic nitrogens is 2. The van der Waals surface area contributed by atoms with Crippen molar-refractivity contribution < 1.29 is 4.39 Å². The summed E-state index contributed by atoms with van der Waals surface area (Å²) in [5, 5.41) is 6.92. The highest BCUT2D eigenvalue weighted by Gasteiger charge is 2.09. The average molecular weight is 240 g/mol. The van der Waals surface area contributed by atoms with E-state index in [-0.39, 0.29) is 11.2 Å². The van der Waals surface area contributed by atoms with E-state index in [0.29, 0.717) is 9.99 Å². The Hall–Kier alpha value is -1.41. The third-order valence-corrected chi connectivity index (χ3v) is 2.28. The molecule has 5 heteroatoms. The summed E-state index contributed by atoms with van der Waals surface area (Å²) in [6.45, 7) is 6.75. The fraction of sp³-hybridized carbons (Fsp3) is 0. The minimum Gasteiger partial charge on any atom is -0.270 e. The van der Waals surface area contributed by atoms with Crippen LogP contribution in [0.15, 0.2) is 16.7 Å². The van der Waals surface area contributed by atoms with E-state index >= 15 is 0 Å². The minimum atomic E-state index is -0.481. The SMILES string of the molecule is [C-]#[N+]c1cc(F)c2n[nH]c(Br)c2c1. The van der Waals surface area contributed by atoms with E-state index in [1.807, 2.05) is 0 Å². The van der Waals surface area contributed by atoms with Gasteiger partial charge in [-0.3, -0.25) is 5.10 Å². The molecule has 0 aliphatic carbocycles. The standard InChI is InChI=1S/C8H3BrFN3/c1-11-4-2-5-7(6(10)3-4)12-13-8(5)9/h2-3H,(H,12,13). The summed E-state index contributed by atoms with van der Waals surface area (Å²) in [5.41, 5.74) is 0.520. The van der Waals surface area contributed by atoms with Crippen molar-refractivity contribution in [2.45, 2.75) is 0 Å². The molecule has 0 spiro atoms. The summed E-state index contributed by atoms with van der Waals surface area (Å²) in [4.78, 5) is 3.15. The Morgan fingerprint density at radius 3 is 3.00 bits per heavy atom. The Morgan fingerprint density at radius 2 is 2.31 bits per heavy atom. The summed E-state index contributed by atoms with van der Waals surface area (Å²) >= 11 is 3.18. The predicted molar refractivity (Wildman–Crippen MR) is 50.0 cm³/mol. The van der Waals surface area contributed by atoms with Crippen LogP contribution in [0.4, 0.5) is 10.1 Å². The molecule has 0 aliphatic rings. The van der Waals surface area contributed by atoms with Gasteiger partial charge in [-0.15, -0.1) is 0 Å². The van der Waals surface area contributed by atoms with E-state index in [2.05, 4.69) is 31.0 Å². The zero-order valence-corrected chi connectivity index (χ0v) is 7.89. The van der Waals surface area contributed by atoms with Gasteiger partial charge in [0, 0.05) is 5.39 Å². The Kier molecular flexibility index (Phi) is 1.78. The molecule has 1 aromatic heterocycles. The summed E-state index contributed by atoms with van der Waals surface area (Å²) in [6.07, 6.45) is 0. The number of nitrogens with zero attached hydrogens (tertiary/aromatic N) is 2. The molecule has 13 heavy (non-hydrogen) atoms. The van der Waals surface area contributed by atoms with Crippen molar-refractivity contribution in [3.8, 4) is 0 Å². The van der Waals surface area contributed by atoms with Crippen molar-refractivity contribution in [1.29, 1.82) is 0 Å². The second-order valence-corrected chi connectivity index (χ2v) is 3.27. The van der Waals surface area contributed by atoms with E-state index in [4.69, 9.17) is 6.57 Å². The van der Waals surface area contributed by atoms with E-state index in [0.717, 1.165) is 0 Å². The van der Waals surface area contributed by atoms with E-state index < -0.39 is 5.82 Å². The molecule has 0 radical (unpaired) electrons. The molecule has 1 aromatic carbocycles. The molecule has 0 amide bonds. The molecule has 2 rings (SSSR count). The van der Waals surface area contributed by atoms with Gasteiger partial charge in [0.15, 0.2) is 5.69 Å². The highest BCUT2D eigenvalue weighted by Crippen LogP contribution is 2.27. The molecule has 0 atom stereocenters. The lowest BCUT2D eigenvalue weighted by molar-refractivity contribution is 0.637. The predicted octanol–water partition coefficient (Wildman–Crippen LogP) is 3.02. The van der Waals surface area contributed by atoms with Gasteiger partial charge in [-0.25, -0.2) is 9.24 Å². The molecule has 1 N–H and O–H groups in total. The van der Waals surface area contributed by atoms with Crippen molar-refractivity contribution in [1.82, 2.24) is 10.2 Å². The van der Waals surface area contributed by atoms with Crippen LogP contribution in [0, 0.1) is 12.4 Å². The molecule has 0 saturated heterocycles. The van der Waals surface area contributed by atoms with Gasteiger partial charge in [-0.2, -0.15) is 5.10 Å². The van der Waals surface area contributed by atoms with Gasteiger partial charge >= 0.3 is 0 Å². The Bertz CT molecular complexity index is 512. The molecular formula is C8H3BrFN3. The van der Waals surface area contributed by atoms with Gasteiger partial charge in [-0.05, 0) is 28.1 Å². The molecular weight excluding hydrogens is 237 g/mol. The Labute approximate surface area is 81.5 Å². The maximum absolute atomic E-state index is 13.2. The maximum Gasteiger partial charge on any atom is 0.190 e. The lowest BCUT2D eigenvalue weighted by Gasteiger charge is -1.92. The van der Waals surface area contributed by atoms with Crippen molar-refractivity contribution in [3.05, 3.63) is 34.0 Å². The van der Waals surface area contributed by atoms with E-state index in [1.165, 1.54) is 6.07 Å². The first kappa shape index (κ1) is 8.20. The van der Waals surface area contributed by atoms with Crippen LogP contribution in [0.1, 0.15) is 0 Å². The lowest BCUT2D eigenvalue weighted by atomic mass is 10.2. The van der Waals surface area contributed by atoms with Crippen LogP contribution in [-0.4, -0.2) is 10.2 Å². The van der Waals surface area contributed by atoms with Crippen molar-refractivity contribution in [3.63, 3.8) is 0 Å². The number of fused-ring (bicyclic) bond motifs is 1. The first-order valence-electron chi connectivity index (χ1n) is 3.43. The monoisotopic (exact) mass is 239 g/mol. The van der Waals surface area contributed by atoms with Gasteiger partial charge in [0.2, 0.25) is 0 Å². The highest BCUT2D eigenvalue weighted by molar-refractivity contribution is 9.10. The molecule has 0 saturated carbocycles. The van der Waals surface area contributed by atoms with Crippen LogP contribution in [-0.2, 0) is 0 Å². The van der Waals surface area contributed by atoms with Crippen molar-refractivity contribution in [2.75, 3.05) is 0 Å². The number of hydrogen-bond donors (Lipinski definition) is 1. The fourth-order valence-corrected chi connectivity index (χ4v) is 1.49. The Morgan fingerprint density at radius 1 is 1.54 bits per heavy atom. The van der Waals surface area contributed by atoms with Gasteiger partial charge < -0.3 is 0 Å². The third kappa shape index (κ3) is 1.19. The van der Waals surface area contributed by atoms with Crippen molar-refractivity contribution in [2.24, 2.45) is 0 Å². The fourth-order valence-electron chi connectivity index (χ4n) is 1.10. The second-order valence-electron chi connectivity index (χ2n) is 2.47. The molecule has 0 aliphatic heterocycles. The van der Waals surface area contributed by atoms with Crippen LogP contribution in [0.5, 0.6) is 0 Å². The third-order valence-electron chi connectivity index (χ3n) is 1.68. The van der Waals surface area contributed by atoms with Gasteiger partial charge in [0.05, 0.1) is 6.57 Å². The van der Waals surface area contributed by atoms with Crippen LogP contribution < -0.4 is 0 Å². The molecule has 0 unspecified atom stereocenters. The lowest BCUT2D eigenvalue weighted by Crippen LogP contribution is -1.76. The minimum absolute atomic E-state index is 0.249. The number of halogens is 2. The Balaban J connectivity index is 2.90. The quantitative estimate of drug-likeness (QED) is 0.705. The number of aromatic amines is 1. The topological polar surface area (TPSA) is 33.0 Å². The summed E-state index contributed by atoms with van der Waals surface area (Å²) in [5.74, 6) is -0.481. The number of H-pyrrole nitrogens is 1. The average Bonchev–Trinajstić information content (AvgIpc) is 2.48. The second kappa shape index (κ2) is 2.82. The first-order chi connectivity index (χ1) is 6.22. The molecule has 64 valence electrons. The summed E-state index contributed by atoms with van der Waals surface area (Å²) in [7, 11) is 0. The zero-order chi connectivity index (χ0) is 9.42. The highest BCUT2D eigenvalue weighted by atomic mass is 79.9. The number of benzene rings is 1. The van der Waals surface area contributed by atoms with Gasteiger partial charge in [0.25, 0.3) is 0 Å². The smallest absolute Gasteiger partial charge is 0.190 e. The number of hydrogen-bond acceptors (Lipinski definition) is 1. The number of nitrogens with one attached hydrogen (secondary N) is 1. The maximum atomic E-state index is 13.2. The van der Waals surface area contributed by atoms with Gasteiger partial charge in [-0.1, -0.05) is 0 Å². The first-order valence-corrected chi connectivity index (χ1v) is 4.22. The van der Waals surface area contributed by atoms with Crippen LogP contribution in [0.3, 0.4) is 0 Å². The molecule has 0 fully saturated rings. The summed E-state index contributed by atoms with van der Waals surface area (Å²) in [6, 6.07) is 2.75. The van der Waals surface area contributed by atoms with Gasteiger partial charge in [0.1, 0.15) is 15.9 Å². The van der Waals surface area contributed by atoms with Crippen molar-refractivity contribution >= 4 is 32.5 Å². The largest absolute Gasteiger partial charge is 0.270 e. The van der Waals surface area contributed by atoms with Crippen LogP contribution in [0.2, 0.25) is 0 Å². The van der Waals surface area contributed by atoms with Crippen LogP contribution >= 0.6 is 15.9 Å².